The summed E-state index contributed by atoms with van der Waals surface area (Å²) in [5.41, 5.74) is 1.30. The number of methoxy groups -OCH3 is 1. The van der Waals surface area contributed by atoms with Crippen LogP contribution in [-0.4, -0.2) is 18.1 Å². The van der Waals surface area contributed by atoms with Gasteiger partial charge in [-0.05, 0) is 24.3 Å². The first-order valence-corrected chi connectivity index (χ1v) is 5.93. The average molecular weight is 283 g/mol. The number of H-pyrrole nitrogens is 1. The van der Waals surface area contributed by atoms with Gasteiger partial charge in [-0.25, -0.2) is 9.18 Å². The second-order valence-electron chi connectivity index (χ2n) is 3.84. The predicted molar refractivity (Wildman–Crippen MR) is 70.9 cm³/mol. The SMILES string of the molecule is COC(=O)c1ccc(CNc2c(F)cccc2Cl)[nH]1. The first-order chi connectivity index (χ1) is 9.11. The third-order valence-electron chi connectivity index (χ3n) is 2.57. The van der Waals surface area contributed by atoms with E-state index in [4.69, 9.17) is 11.6 Å². The number of benzene rings is 1. The summed E-state index contributed by atoms with van der Waals surface area (Å²) in [6.07, 6.45) is 0. The molecule has 0 aliphatic rings. The summed E-state index contributed by atoms with van der Waals surface area (Å²) in [6, 6.07) is 7.77. The van der Waals surface area contributed by atoms with Gasteiger partial charge in [0.25, 0.3) is 0 Å². The Morgan fingerprint density at radius 3 is 2.89 bits per heavy atom. The summed E-state index contributed by atoms with van der Waals surface area (Å²) in [5.74, 6) is -0.873. The van der Waals surface area contributed by atoms with Gasteiger partial charge < -0.3 is 15.0 Å². The molecule has 100 valence electrons. The minimum Gasteiger partial charge on any atom is -0.464 e. The van der Waals surface area contributed by atoms with E-state index in [1.807, 2.05) is 0 Å². The average Bonchev–Trinajstić information content (AvgIpc) is 2.86. The van der Waals surface area contributed by atoms with Crippen LogP contribution in [0.3, 0.4) is 0 Å². The fraction of sp³-hybridized carbons (Fsp3) is 0.154. The number of carbonyl (C=O) groups excluding carboxylic acids is 1. The maximum atomic E-state index is 13.5. The Morgan fingerprint density at radius 2 is 2.21 bits per heavy atom. The molecule has 0 amide bonds. The van der Waals surface area contributed by atoms with Crippen molar-refractivity contribution in [1.82, 2.24) is 4.98 Å². The lowest BCUT2D eigenvalue weighted by molar-refractivity contribution is 0.0594. The molecule has 1 aromatic heterocycles. The van der Waals surface area contributed by atoms with Crippen molar-refractivity contribution < 1.29 is 13.9 Å². The standard InChI is InChI=1S/C13H12ClFN2O2/c1-19-13(18)11-6-5-8(17-11)7-16-12-9(14)3-2-4-10(12)15/h2-6,16-17H,7H2,1H3. The Morgan fingerprint density at radius 1 is 1.42 bits per heavy atom. The third-order valence-corrected chi connectivity index (χ3v) is 2.89. The highest BCUT2D eigenvalue weighted by Crippen LogP contribution is 2.25. The number of anilines is 1. The zero-order valence-electron chi connectivity index (χ0n) is 10.2. The molecule has 0 bridgehead atoms. The smallest absolute Gasteiger partial charge is 0.354 e. The molecule has 0 saturated heterocycles. The molecule has 0 atom stereocenters. The first kappa shape index (κ1) is 13.4. The van der Waals surface area contributed by atoms with E-state index >= 15 is 0 Å². The highest BCUT2D eigenvalue weighted by atomic mass is 35.5. The lowest BCUT2D eigenvalue weighted by atomic mass is 10.3. The van der Waals surface area contributed by atoms with Crippen molar-refractivity contribution >= 4 is 23.3 Å². The van der Waals surface area contributed by atoms with E-state index in [1.165, 1.54) is 19.2 Å². The van der Waals surface area contributed by atoms with Gasteiger partial charge in [0.05, 0.1) is 24.4 Å². The van der Waals surface area contributed by atoms with Crippen molar-refractivity contribution in [2.24, 2.45) is 0 Å². The maximum absolute atomic E-state index is 13.5. The van der Waals surface area contributed by atoms with Crippen LogP contribution in [0.4, 0.5) is 10.1 Å². The van der Waals surface area contributed by atoms with E-state index in [2.05, 4.69) is 15.0 Å². The first-order valence-electron chi connectivity index (χ1n) is 5.56. The number of esters is 1. The van der Waals surface area contributed by atoms with Crippen LogP contribution in [0.5, 0.6) is 0 Å². The summed E-state index contributed by atoms with van der Waals surface area (Å²) in [5, 5.41) is 3.18. The Bertz CT molecular complexity index is 578. The molecule has 0 aliphatic heterocycles. The fourth-order valence-corrected chi connectivity index (χ4v) is 1.85. The zero-order valence-corrected chi connectivity index (χ0v) is 10.9. The Hall–Kier alpha value is -2.01. The van der Waals surface area contributed by atoms with Gasteiger partial charge in [-0.2, -0.15) is 0 Å². The number of nitrogens with one attached hydrogen (secondary N) is 2. The van der Waals surface area contributed by atoms with Crippen LogP contribution < -0.4 is 5.32 Å². The van der Waals surface area contributed by atoms with Gasteiger partial charge in [0, 0.05) is 5.69 Å². The normalized spacial score (nSPS) is 10.3. The molecule has 6 heteroatoms. The highest BCUT2D eigenvalue weighted by molar-refractivity contribution is 6.33. The van der Waals surface area contributed by atoms with Crippen LogP contribution in [0.1, 0.15) is 16.2 Å². The lowest BCUT2D eigenvalue weighted by Crippen LogP contribution is -2.04. The molecule has 0 aliphatic carbocycles. The molecule has 0 radical (unpaired) electrons. The summed E-state index contributed by atoms with van der Waals surface area (Å²) in [6.45, 7) is 0.317. The van der Waals surface area contributed by atoms with Gasteiger partial charge in [0.15, 0.2) is 0 Å². The second kappa shape index (κ2) is 5.75. The predicted octanol–water partition coefficient (Wildman–Crippen LogP) is 3.21. The van der Waals surface area contributed by atoms with Crippen molar-refractivity contribution in [3.05, 3.63) is 52.6 Å². The number of para-hydroxylation sites is 1. The largest absolute Gasteiger partial charge is 0.464 e. The molecule has 19 heavy (non-hydrogen) atoms. The van der Waals surface area contributed by atoms with Gasteiger partial charge in [-0.1, -0.05) is 17.7 Å². The van der Waals surface area contributed by atoms with Crippen molar-refractivity contribution in [3.8, 4) is 0 Å². The van der Waals surface area contributed by atoms with Gasteiger partial charge in [-0.15, -0.1) is 0 Å². The van der Waals surface area contributed by atoms with Crippen LogP contribution >= 0.6 is 11.6 Å². The van der Waals surface area contributed by atoms with Crippen LogP contribution in [0.25, 0.3) is 0 Å². The number of carbonyl (C=O) groups is 1. The summed E-state index contributed by atoms with van der Waals surface area (Å²) in [7, 11) is 1.31. The van der Waals surface area contributed by atoms with Crippen LogP contribution in [-0.2, 0) is 11.3 Å². The molecular weight excluding hydrogens is 271 g/mol. The molecule has 2 rings (SSSR count). The second-order valence-corrected chi connectivity index (χ2v) is 4.25. The van der Waals surface area contributed by atoms with E-state index in [0.717, 1.165) is 5.69 Å². The maximum Gasteiger partial charge on any atom is 0.354 e. The van der Waals surface area contributed by atoms with E-state index in [1.54, 1.807) is 18.2 Å². The van der Waals surface area contributed by atoms with Crippen LogP contribution in [0, 0.1) is 5.82 Å². The Kier molecular flexibility index (Phi) is 4.06. The van der Waals surface area contributed by atoms with Gasteiger partial charge in [0.1, 0.15) is 11.5 Å². The minimum atomic E-state index is -0.449. The number of halogens is 2. The molecule has 0 unspecified atom stereocenters. The quantitative estimate of drug-likeness (QED) is 0.847. The third kappa shape index (κ3) is 3.06. The Balaban J connectivity index is 2.07. The monoisotopic (exact) mass is 282 g/mol. The molecule has 4 nitrogen and oxygen atoms in total. The van der Waals surface area contributed by atoms with Crippen molar-refractivity contribution in [3.63, 3.8) is 0 Å². The molecule has 0 fully saturated rings. The Labute approximate surface area is 114 Å². The van der Waals surface area contributed by atoms with Gasteiger partial charge in [0.2, 0.25) is 0 Å². The molecule has 0 spiro atoms. The van der Waals surface area contributed by atoms with Crippen molar-refractivity contribution in [1.29, 1.82) is 0 Å². The summed E-state index contributed by atoms with van der Waals surface area (Å²) < 4.78 is 18.1. The van der Waals surface area contributed by atoms with Crippen LogP contribution in [0.2, 0.25) is 5.02 Å². The number of hydrogen-bond acceptors (Lipinski definition) is 3. The van der Waals surface area contributed by atoms with Crippen molar-refractivity contribution in [2.45, 2.75) is 6.54 Å². The minimum absolute atomic E-state index is 0.235. The number of rotatable bonds is 4. The number of ether oxygens (including phenoxy) is 1. The van der Waals surface area contributed by atoms with Crippen molar-refractivity contribution in [2.75, 3.05) is 12.4 Å². The number of aromatic amines is 1. The fourth-order valence-electron chi connectivity index (χ4n) is 1.62. The topological polar surface area (TPSA) is 54.1 Å². The van der Waals surface area contributed by atoms with E-state index in [9.17, 15) is 9.18 Å². The summed E-state index contributed by atoms with van der Waals surface area (Å²) in [4.78, 5) is 14.1. The zero-order chi connectivity index (χ0) is 13.8. The molecule has 2 aromatic rings. The number of hydrogen-bond donors (Lipinski definition) is 2. The van der Waals surface area contributed by atoms with Gasteiger partial charge >= 0.3 is 5.97 Å². The molecular formula is C13H12ClFN2O2. The van der Waals surface area contributed by atoms with E-state index in [0.29, 0.717) is 17.3 Å². The van der Waals surface area contributed by atoms with Gasteiger partial charge in [-0.3, -0.25) is 0 Å². The lowest BCUT2D eigenvalue weighted by Gasteiger charge is -2.08. The molecule has 1 aromatic carbocycles. The molecule has 2 N–H and O–H groups in total. The highest BCUT2D eigenvalue weighted by Gasteiger charge is 2.09. The molecule has 0 saturated carbocycles. The molecule has 1 heterocycles. The number of aromatic nitrogens is 1. The van der Waals surface area contributed by atoms with Crippen LogP contribution in [0.15, 0.2) is 30.3 Å². The summed E-state index contributed by atoms with van der Waals surface area (Å²) >= 11 is 5.89. The van der Waals surface area contributed by atoms with E-state index in [-0.39, 0.29) is 5.69 Å². The van der Waals surface area contributed by atoms with E-state index < -0.39 is 11.8 Å².